The second-order valence-electron chi connectivity index (χ2n) is 3.44. The summed E-state index contributed by atoms with van der Waals surface area (Å²) < 4.78 is 0. The van der Waals surface area contributed by atoms with Crippen molar-refractivity contribution in [1.82, 2.24) is 4.98 Å². The van der Waals surface area contributed by atoms with E-state index in [0.29, 0.717) is 5.03 Å². The molecule has 0 spiro atoms. The van der Waals surface area contributed by atoms with Crippen molar-refractivity contribution < 1.29 is 14.8 Å². The first-order chi connectivity index (χ1) is 8.43. The van der Waals surface area contributed by atoms with Crippen molar-refractivity contribution in [2.24, 2.45) is 0 Å². The van der Waals surface area contributed by atoms with E-state index in [4.69, 9.17) is 10.4 Å². The SMILES string of the molecule is CC(CC(=O)O)Sc1ncc([N+](=O)[O-])cc1C#N. The van der Waals surface area contributed by atoms with Crippen LogP contribution < -0.4 is 0 Å². The van der Waals surface area contributed by atoms with Gasteiger partial charge in [-0.3, -0.25) is 14.9 Å². The number of carbonyl (C=O) groups is 1. The van der Waals surface area contributed by atoms with Crippen molar-refractivity contribution in [3.05, 3.63) is 27.9 Å². The van der Waals surface area contributed by atoms with Gasteiger partial charge >= 0.3 is 5.97 Å². The van der Waals surface area contributed by atoms with Crippen LogP contribution in [0.1, 0.15) is 18.9 Å². The summed E-state index contributed by atoms with van der Waals surface area (Å²) in [6, 6.07) is 2.94. The molecule has 1 atom stereocenters. The third kappa shape index (κ3) is 3.71. The maximum absolute atomic E-state index is 10.5. The number of thioether (sulfide) groups is 1. The van der Waals surface area contributed by atoms with Crippen LogP contribution in [-0.4, -0.2) is 26.2 Å². The molecule has 1 N–H and O–H groups in total. The molecule has 94 valence electrons. The number of rotatable bonds is 5. The molecule has 1 aromatic heterocycles. The first kappa shape index (κ1) is 13.9. The van der Waals surface area contributed by atoms with Gasteiger partial charge in [0.1, 0.15) is 17.3 Å². The molecule has 0 saturated heterocycles. The maximum atomic E-state index is 10.5. The molecule has 8 heteroatoms. The molecule has 0 aliphatic heterocycles. The molecular weight excluding hydrogens is 258 g/mol. The zero-order valence-corrected chi connectivity index (χ0v) is 10.2. The van der Waals surface area contributed by atoms with Gasteiger partial charge in [0.15, 0.2) is 0 Å². The van der Waals surface area contributed by atoms with Crippen LogP contribution in [-0.2, 0) is 4.79 Å². The number of nitriles is 1. The Kier molecular flexibility index (Phi) is 4.62. The summed E-state index contributed by atoms with van der Waals surface area (Å²) in [7, 11) is 0. The fourth-order valence-electron chi connectivity index (χ4n) is 1.19. The molecule has 1 heterocycles. The minimum Gasteiger partial charge on any atom is -0.481 e. The Bertz CT molecular complexity index is 526. The van der Waals surface area contributed by atoms with Crippen LogP contribution in [0.25, 0.3) is 0 Å². The maximum Gasteiger partial charge on any atom is 0.304 e. The third-order valence-electron chi connectivity index (χ3n) is 1.94. The van der Waals surface area contributed by atoms with E-state index in [1.54, 1.807) is 6.92 Å². The number of carboxylic acids is 1. The van der Waals surface area contributed by atoms with Gasteiger partial charge < -0.3 is 5.11 Å². The Morgan fingerprint density at radius 1 is 1.78 bits per heavy atom. The highest BCUT2D eigenvalue weighted by atomic mass is 32.2. The van der Waals surface area contributed by atoms with Crippen molar-refractivity contribution in [3.63, 3.8) is 0 Å². The smallest absolute Gasteiger partial charge is 0.304 e. The van der Waals surface area contributed by atoms with Crippen molar-refractivity contribution in [1.29, 1.82) is 5.26 Å². The van der Waals surface area contributed by atoms with Crippen LogP contribution in [0.2, 0.25) is 0 Å². The van der Waals surface area contributed by atoms with E-state index in [1.165, 1.54) is 0 Å². The van der Waals surface area contributed by atoms with Crippen molar-refractivity contribution in [2.45, 2.75) is 23.6 Å². The summed E-state index contributed by atoms with van der Waals surface area (Å²) in [5, 5.41) is 28.0. The lowest BCUT2D eigenvalue weighted by Gasteiger charge is -2.08. The topological polar surface area (TPSA) is 117 Å². The predicted octanol–water partition coefficient (Wildman–Crippen LogP) is 1.82. The van der Waals surface area contributed by atoms with Gasteiger partial charge in [0, 0.05) is 11.3 Å². The highest BCUT2D eigenvalue weighted by molar-refractivity contribution is 7.99. The Morgan fingerprint density at radius 2 is 2.44 bits per heavy atom. The largest absolute Gasteiger partial charge is 0.481 e. The normalized spacial score (nSPS) is 11.6. The third-order valence-corrected chi connectivity index (χ3v) is 3.06. The molecule has 0 saturated carbocycles. The first-order valence-corrected chi connectivity index (χ1v) is 5.75. The van der Waals surface area contributed by atoms with E-state index < -0.39 is 10.9 Å². The molecule has 0 aliphatic carbocycles. The van der Waals surface area contributed by atoms with Gasteiger partial charge in [0.25, 0.3) is 5.69 Å². The van der Waals surface area contributed by atoms with Crippen LogP contribution >= 0.6 is 11.8 Å². The number of aliphatic carboxylic acids is 1. The van der Waals surface area contributed by atoms with Crippen LogP contribution in [0.4, 0.5) is 5.69 Å². The Hall–Kier alpha value is -2.14. The van der Waals surface area contributed by atoms with Gasteiger partial charge in [-0.15, -0.1) is 11.8 Å². The second-order valence-corrected chi connectivity index (χ2v) is 4.87. The lowest BCUT2D eigenvalue weighted by molar-refractivity contribution is -0.385. The highest BCUT2D eigenvalue weighted by Gasteiger charge is 2.16. The molecule has 1 unspecified atom stereocenters. The molecule has 1 aromatic rings. The van der Waals surface area contributed by atoms with E-state index in [-0.39, 0.29) is 22.9 Å². The lowest BCUT2D eigenvalue weighted by Crippen LogP contribution is -2.06. The number of pyridine rings is 1. The minimum atomic E-state index is -0.949. The van der Waals surface area contributed by atoms with E-state index in [2.05, 4.69) is 4.98 Å². The number of nitro groups is 1. The van der Waals surface area contributed by atoms with E-state index in [9.17, 15) is 14.9 Å². The summed E-state index contributed by atoms with van der Waals surface area (Å²) in [6.45, 7) is 1.68. The summed E-state index contributed by atoms with van der Waals surface area (Å²) in [5.74, 6) is -0.949. The first-order valence-electron chi connectivity index (χ1n) is 4.87. The van der Waals surface area contributed by atoms with Gasteiger partial charge in [-0.2, -0.15) is 5.26 Å². The van der Waals surface area contributed by atoms with Gasteiger partial charge in [0.2, 0.25) is 0 Å². The summed E-state index contributed by atoms with van der Waals surface area (Å²) in [6.07, 6.45) is 0.977. The Morgan fingerprint density at radius 3 is 2.94 bits per heavy atom. The molecule has 7 nitrogen and oxygen atoms in total. The van der Waals surface area contributed by atoms with Crippen molar-refractivity contribution >= 4 is 23.4 Å². The van der Waals surface area contributed by atoms with E-state index >= 15 is 0 Å². The fourth-order valence-corrected chi connectivity index (χ4v) is 2.15. The zero-order chi connectivity index (χ0) is 13.7. The van der Waals surface area contributed by atoms with Crippen LogP contribution in [0, 0.1) is 21.4 Å². The van der Waals surface area contributed by atoms with E-state index in [1.807, 2.05) is 6.07 Å². The average Bonchev–Trinajstić information content (AvgIpc) is 2.27. The monoisotopic (exact) mass is 267 g/mol. The van der Waals surface area contributed by atoms with Crippen LogP contribution in [0.3, 0.4) is 0 Å². The van der Waals surface area contributed by atoms with Gasteiger partial charge in [-0.25, -0.2) is 4.98 Å². The second kappa shape index (κ2) is 5.97. The molecule has 1 rings (SSSR count). The molecule has 0 aliphatic rings. The number of hydrogen-bond donors (Lipinski definition) is 1. The summed E-state index contributed by atoms with van der Waals surface area (Å²) in [5.41, 5.74) is -0.187. The Balaban J connectivity index is 2.93. The molecular formula is C10H9N3O4S. The van der Waals surface area contributed by atoms with Crippen molar-refractivity contribution in [2.75, 3.05) is 0 Å². The molecule has 0 bridgehead atoms. The lowest BCUT2D eigenvalue weighted by atomic mass is 10.3. The minimum absolute atomic E-state index is 0.0752. The Labute approximate surface area is 107 Å². The van der Waals surface area contributed by atoms with Gasteiger partial charge in [-0.1, -0.05) is 6.92 Å². The fraction of sp³-hybridized carbons (Fsp3) is 0.300. The number of aromatic nitrogens is 1. The molecule has 18 heavy (non-hydrogen) atoms. The van der Waals surface area contributed by atoms with Crippen LogP contribution in [0.15, 0.2) is 17.3 Å². The van der Waals surface area contributed by atoms with Crippen LogP contribution in [0.5, 0.6) is 0 Å². The highest BCUT2D eigenvalue weighted by Crippen LogP contribution is 2.28. The predicted molar refractivity (Wildman–Crippen MR) is 63.2 cm³/mol. The zero-order valence-electron chi connectivity index (χ0n) is 9.36. The summed E-state index contributed by atoms with van der Waals surface area (Å²) in [4.78, 5) is 24.2. The number of hydrogen-bond acceptors (Lipinski definition) is 6. The van der Waals surface area contributed by atoms with Gasteiger partial charge in [-0.05, 0) is 0 Å². The number of nitrogens with zero attached hydrogens (tertiary/aromatic N) is 3. The van der Waals surface area contributed by atoms with Crippen molar-refractivity contribution in [3.8, 4) is 6.07 Å². The standard InChI is InChI=1S/C10H9N3O4S/c1-6(2-9(14)15)18-10-7(4-11)3-8(5-12-10)13(16)17/h3,5-6H,2H2,1H3,(H,14,15). The average molecular weight is 267 g/mol. The van der Waals surface area contributed by atoms with Gasteiger partial charge in [0.05, 0.1) is 16.9 Å². The molecule has 0 aromatic carbocycles. The van der Waals surface area contributed by atoms with E-state index in [0.717, 1.165) is 24.0 Å². The molecule has 0 fully saturated rings. The number of carboxylic acid groups (broad SMARTS) is 1. The molecule has 0 radical (unpaired) electrons. The summed E-state index contributed by atoms with van der Waals surface area (Å²) >= 11 is 1.11. The molecule has 0 amide bonds. The quantitative estimate of drug-likeness (QED) is 0.491.